The number of hydrogen-bond donors (Lipinski definition) is 1. The van der Waals surface area contributed by atoms with Gasteiger partial charge in [0.25, 0.3) is 0 Å². The van der Waals surface area contributed by atoms with E-state index in [0.717, 1.165) is 12.1 Å². The second-order valence-electron chi connectivity index (χ2n) is 4.26. The maximum atomic E-state index is 13.1. The molecule has 7 heteroatoms. The minimum Gasteiger partial charge on any atom is -0.325 e. The monoisotopic (exact) mass is 265 g/mol. The highest BCUT2D eigenvalue weighted by Crippen LogP contribution is 2.22. The van der Waals surface area contributed by atoms with Gasteiger partial charge in [-0.05, 0) is 18.1 Å². The number of nitro groups is 1. The molecule has 0 radical (unpaired) electrons. The molecule has 1 unspecified atom stereocenters. The lowest BCUT2D eigenvalue weighted by atomic mass is 9.96. The van der Waals surface area contributed by atoms with E-state index in [1.54, 1.807) is 13.8 Å². The van der Waals surface area contributed by atoms with Crippen molar-refractivity contribution in [2.24, 2.45) is 11.8 Å². The zero-order valence-electron chi connectivity index (χ0n) is 10.4. The van der Waals surface area contributed by atoms with Gasteiger partial charge >= 0.3 is 5.69 Å². The Balaban J connectivity index is 2.95. The number of benzene rings is 1. The van der Waals surface area contributed by atoms with Gasteiger partial charge < -0.3 is 5.32 Å². The van der Waals surface area contributed by atoms with Gasteiger partial charge in [0.2, 0.25) is 11.7 Å². The van der Waals surface area contributed by atoms with Crippen LogP contribution in [-0.4, -0.2) is 10.8 Å². The number of carbonyl (C=O) groups excluding carboxylic acids is 1. The van der Waals surface area contributed by atoms with Crippen molar-refractivity contribution < 1.29 is 14.1 Å². The molecule has 0 fully saturated rings. The van der Waals surface area contributed by atoms with Crippen LogP contribution >= 0.6 is 0 Å². The Kier molecular flexibility index (Phi) is 4.53. The smallest absolute Gasteiger partial charge is 0.306 e. The Labute approximate surface area is 109 Å². The fourth-order valence-electron chi connectivity index (χ4n) is 1.46. The van der Waals surface area contributed by atoms with Crippen molar-refractivity contribution in [3.63, 3.8) is 0 Å². The Hall–Kier alpha value is -2.49. The van der Waals surface area contributed by atoms with E-state index in [4.69, 9.17) is 5.26 Å². The summed E-state index contributed by atoms with van der Waals surface area (Å²) in [5.74, 6) is -2.62. The van der Waals surface area contributed by atoms with Crippen molar-refractivity contribution in [3.8, 4) is 6.07 Å². The zero-order chi connectivity index (χ0) is 14.6. The zero-order valence-corrected chi connectivity index (χ0v) is 10.4. The largest absolute Gasteiger partial charge is 0.325 e. The first-order chi connectivity index (χ1) is 8.86. The van der Waals surface area contributed by atoms with E-state index in [0.29, 0.717) is 0 Å². The highest BCUT2D eigenvalue weighted by Gasteiger charge is 2.23. The highest BCUT2D eigenvalue weighted by atomic mass is 19.1. The fraction of sp³-hybridized carbons (Fsp3) is 0.333. The first-order valence-electron chi connectivity index (χ1n) is 5.51. The van der Waals surface area contributed by atoms with Crippen molar-refractivity contribution in [1.29, 1.82) is 5.26 Å². The Bertz CT molecular complexity index is 552. The van der Waals surface area contributed by atoms with Crippen LogP contribution in [0.4, 0.5) is 15.8 Å². The van der Waals surface area contributed by atoms with Crippen LogP contribution in [0.2, 0.25) is 0 Å². The van der Waals surface area contributed by atoms with Crippen LogP contribution in [0.25, 0.3) is 0 Å². The molecule has 0 spiro atoms. The molecule has 19 heavy (non-hydrogen) atoms. The molecule has 1 rings (SSSR count). The molecule has 0 aliphatic rings. The molecule has 0 bridgehead atoms. The quantitative estimate of drug-likeness (QED) is 0.668. The fourth-order valence-corrected chi connectivity index (χ4v) is 1.46. The number of hydrogen-bond acceptors (Lipinski definition) is 4. The number of nitrogens with zero attached hydrogens (tertiary/aromatic N) is 2. The molecule has 1 amide bonds. The van der Waals surface area contributed by atoms with E-state index in [1.165, 1.54) is 6.07 Å². The van der Waals surface area contributed by atoms with Crippen LogP contribution in [-0.2, 0) is 4.79 Å². The summed E-state index contributed by atoms with van der Waals surface area (Å²) in [5.41, 5.74) is -0.644. The molecule has 1 atom stereocenters. The third-order valence-electron chi connectivity index (χ3n) is 2.50. The molecule has 0 heterocycles. The molecule has 0 aromatic heterocycles. The van der Waals surface area contributed by atoms with Gasteiger partial charge in [-0.3, -0.25) is 14.9 Å². The molecule has 0 saturated heterocycles. The predicted molar refractivity (Wildman–Crippen MR) is 65.6 cm³/mol. The lowest BCUT2D eigenvalue weighted by Gasteiger charge is -2.12. The molecular weight excluding hydrogens is 253 g/mol. The molecule has 0 aliphatic carbocycles. The van der Waals surface area contributed by atoms with Crippen molar-refractivity contribution in [2.45, 2.75) is 13.8 Å². The molecule has 1 aromatic carbocycles. The number of halogens is 1. The maximum absolute atomic E-state index is 13.1. The van der Waals surface area contributed by atoms with E-state index in [2.05, 4.69) is 5.32 Å². The van der Waals surface area contributed by atoms with E-state index >= 15 is 0 Å². The minimum atomic E-state index is -0.983. The van der Waals surface area contributed by atoms with Gasteiger partial charge in [0.05, 0.1) is 11.0 Å². The molecule has 0 saturated carbocycles. The van der Waals surface area contributed by atoms with E-state index < -0.39 is 28.3 Å². The number of nitrogens with one attached hydrogen (secondary N) is 1. The van der Waals surface area contributed by atoms with Gasteiger partial charge in [0.15, 0.2) is 0 Å². The summed E-state index contributed by atoms with van der Waals surface area (Å²) in [6.07, 6.45) is 0. The van der Waals surface area contributed by atoms with Gasteiger partial charge in [0.1, 0.15) is 5.92 Å². The van der Waals surface area contributed by atoms with Crippen molar-refractivity contribution in [3.05, 3.63) is 34.1 Å². The second-order valence-corrected chi connectivity index (χ2v) is 4.26. The predicted octanol–water partition coefficient (Wildman–Crippen LogP) is 2.47. The SMILES string of the molecule is CC(C)C(C#N)C(=O)Nc1ccc(F)c([N+](=O)[O-])c1. The standard InChI is InChI=1S/C12H12FN3O3/c1-7(2)9(6-14)12(17)15-8-3-4-10(13)11(5-8)16(18)19/h3-5,7,9H,1-2H3,(H,15,17). The molecule has 100 valence electrons. The average molecular weight is 265 g/mol. The Morgan fingerprint density at radius 3 is 2.63 bits per heavy atom. The summed E-state index contributed by atoms with van der Waals surface area (Å²) < 4.78 is 13.1. The van der Waals surface area contributed by atoms with Crippen LogP contribution in [0.15, 0.2) is 18.2 Å². The second kappa shape index (κ2) is 5.91. The molecule has 1 N–H and O–H groups in total. The number of nitro benzene ring substituents is 1. The molecule has 1 aromatic rings. The van der Waals surface area contributed by atoms with Crippen LogP contribution in [0, 0.1) is 39.1 Å². The summed E-state index contributed by atoms with van der Waals surface area (Å²) in [6.45, 7) is 3.42. The summed E-state index contributed by atoms with van der Waals surface area (Å²) >= 11 is 0. The number of nitriles is 1. The maximum Gasteiger partial charge on any atom is 0.306 e. The lowest BCUT2D eigenvalue weighted by Crippen LogP contribution is -2.25. The number of amides is 1. The highest BCUT2D eigenvalue weighted by molar-refractivity contribution is 5.94. The Morgan fingerprint density at radius 2 is 2.16 bits per heavy atom. The van der Waals surface area contributed by atoms with Crippen molar-refractivity contribution in [1.82, 2.24) is 0 Å². The number of anilines is 1. The van der Waals surface area contributed by atoms with E-state index in [-0.39, 0.29) is 11.6 Å². The third-order valence-corrected chi connectivity index (χ3v) is 2.50. The van der Waals surface area contributed by atoms with Gasteiger partial charge in [-0.2, -0.15) is 9.65 Å². The average Bonchev–Trinajstić information content (AvgIpc) is 2.31. The number of carbonyl (C=O) groups is 1. The van der Waals surface area contributed by atoms with Crippen LogP contribution in [0.5, 0.6) is 0 Å². The topological polar surface area (TPSA) is 96.0 Å². The van der Waals surface area contributed by atoms with Crippen LogP contribution in [0.3, 0.4) is 0 Å². The van der Waals surface area contributed by atoms with Crippen molar-refractivity contribution >= 4 is 17.3 Å². The van der Waals surface area contributed by atoms with E-state index in [1.807, 2.05) is 6.07 Å². The summed E-state index contributed by atoms with van der Waals surface area (Å²) in [7, 11) is 0. The van der Waals surface area contributed by atoms with Crippen LogP contribution < -0.4 is 5.32 Å². The Morgan fingerprint density at radius 1 is 1.53 bits per heavy atom. The summed E-state index contributed by atoms with van der Waals surface area (Å²) in [5, 5.41) is 21.8. The summed E-state index contributed by atoms with van der Waals surface area (Å²) in [4.78, 5) is 21.4. The van der Waals surface area contributed by atoms with Crippen molar-refractivity contribution in [2.75, 3.05) is 5.32 Å². The molecule has 6 nitrogen and oxygen atoms in total. The lowest BCUT2D eigenvalue weighted by molar-refractivity contribution is -0.387. The minimum absolute atomic E-state index is 0.0824. The van der Waals surface area contributed by atoms with Gasteiger partial charge in [-0.1, -0.05) is 13.8 Å². The molecular formula is C12H12FN3O3. The van der Waals surface area contributed by atoms with Gasteiger partial charge in [-0.25, -0.2) is 0 Å². The van der Waals surface area contributed by atoms with Gasteiger partial charge in [0, 0.05) is 11.8 Å². The number of rotatable bonds is 4. The first kappa shape index (κ1) is 14.6. The normalized spacial score (nSPS) is 11.7. The molecule has 0 aliphatic heterocycles. The van der Waals surface area contributed by atoms with Gasteiger partial charge in [-0.15, -0.1) is 0 Å². The first-order valence-corrected chi connectivity index (χ1v) is 5.51. The summed E-state index contributed by atoms with van der Waals surface area (Å²) in [6, 6.07) is 4.87. The van der Waals surface area contributed by atoms with E-state index in [9.17, 15) is 19.3 Å². The third kappa shape index (κ3) is 3.48. The van der Waals surface area contributed by atoms with Crippen LogP contribution in [0.1, 0.15) is 13.8 Å².